The Morgan fingerprint density at radius 3 is 2.40 bits per heavy atom. The molecule has 0 aliphatic heterocycles. The highest BCUT2D eigenvalue weighted by atomic mass is 35.5. The molecule has 0 saturated heterocycles. The third-order valence-electron chi connectivity index (χ3n) is 5.06. The van der Waals surface area contributed by atoms with Crippen molar-refractivity contribution >= 4 is 45.0 Å². The molecule has 0 aliphatic carbocycles. The number of methoxy groups -OCH3 is 2. The van der Waals surface area contributed by atoms with Crippen molar-refractivity contribution < 1.29 is 22.7 Å². The van der Waals surface area contributed by atoms with Gasteiger partial charge in [0.15, 0.2) is 0 Å². The van der Waals surface area contributed by atoms with Crippen molar-refractivity contribution in [3.63, 3.8) is 0 Å². The van der Waals surface area contributed by atoms with E-state index in [1.54, 1.807) is 42.1 Å². The fraction of sp³-hybridized carbons (Fsp3) is 0.240. The molecule has 1 N–H and O–H groups in total. The van der Waals surface area contributed by atoms with E-state index in [-0.39, 0.29) is 10.6 Å². The van der Waals surface area contributed by atoms with E-state index in [4.69, 9.17) is 21.1 Å². The van der Waals surface area contributed by atoms with Gasteiger partial charge in [0.25, 0.3) is 10.0 Å². The van der Waals surface area contributed by atoms with Crippen LogP contribution >= 0.6 is 23.4 Å². The Balaban J connectivity index is 1.74. The van der Waals surface area contributed by atoms with Crippen molar-refractivity contribution in [2.45, 2.75) is 10.6 Å². The van der Waals surface area contributed by atoms with E-state index < -0.39 is 22.5 Å². The first kappa shape index (κ1) is 26.7. The number of nitrogens with zero attached hydrogens (tertiary/aromatic N) is 1. The number of carbonyl (C=O) groups is 1. The quantitative estimate of drug-likeness (QED) is 0.342. The zero-order valence-corrected chi connectivity index (χ0v) is 21.8. The van der Waals surface area contributed by atoms with Crippen LogP contribution in [-0.2, 0) is 20.6 Å². The van der Waals surface area contributed by atoms with Crippen LogP contribution in [0.4, 0.5) is 5.69 Å². The van der Waals surface area contributed by atoms with Gasteiger partial charge >= 0.3 is 0 Å². The number of hydrogen-bond acceptors (Lipinski definition) is 6. The molecule has 10 heteroatoms. The maximum atomic E-state index is 13.5. The third kappa shape index (κ3) is 7.06. The average Bonchev–Trinajstić information content (AvgIpc) is 2.88. The van der Waals surface area contributed by atoms with Gasteiger partial charge in [-0.15, -0.1) is 0 Å². The van der Waals surface area contributed by atoms with Crippen LogP contribution in [0, 0.1) is 0 Å². The number of halogens is 1. The highest BCUT2D eigenvalue weighted by molar-refractivity contribution is 7.98. The van der Waals surface area contributed by atoms with Crippen molar-refractivity contribution in [1.82, 2.24) is 5.32 Å². The lowest BCUT2D eigenvalue weighted by molar-refractivity contribution is -0.119. The van der Waals surface area contributed by atoms with E-state index in [9.17, 15) is 13.2 Å². The lowest BCUT2D eigenvalue weighted by Gasteiger charge is -2.26. The Morgan fingerprint density at radius 2 is 1.71 bits per heavy atom. The lowest BCUT2D eigenvalue weighted by atomic mass is 10.2. The minimum Gasteiger partial charge on any atom is -0.497 e. The number of amides is 1. The highest BCUT2D eigenvalue weighted by Crippen LogP contribution is 2.35. The number of hydrogen-bond donors (Lipinski definition) is 1. The zero-order valence-electron chi connectivity index (χ0n) is 19.4. The minimum absolute atomic E-state index is 0.0629. The van der Waals surface area contributed by atoms with Crippen LogP contribution in [0.5, 0.6) is 11.5 Å². The molecule has 0 atom stereocenters. The van der Waals surface area contributed by atoms with E-state index in [2.05, 4.69) is 5.32 Å². The van der Waals surface area contributed by atoms with Crippen LogP contribution in [0.3, 0.4) is 0 Å². The molecule has 0 heterocycles. The number of sulfonamides is 1. The molecule has 0 spiro atoms. The molecule has 0 fully saturated rings. The van der Waals surface area contributed by atoms with Gasteiger partial charge in [-0.05, 0) is 35.9 Å². The second-order valence-electron chi connectivity index (χ2n) is 7.36. The Morgan fingerprint density at radius 1 is 1.00 bits per heavy atom. The number of ether oxygens (including phenoxy) is 2. The van der Waals surface area contributed by atoms with Gasteiger partial charge in [0.2, 0.25) is 5.91 Å². The molecule has 0 aliphatic rings. The van der Waals surface area contributed by atoms with Gasteiger partial charge in [0, 0.05) is 29.1 Å². The molecule has 35 heavy (non-hydrogen) atoms. The molecule has 0 saturated carbocycles. The molecular formula is C25H27ClN2O5S2. The summed E-state index contributed by atoms with van der Waals surface area (Å²) in [7, 11) is -1.15. The van der Waals surface area contributed by atoms with Gasteiger partial charge in [-0.3, -0.25) is 9.10 Å². The summed E-state index contributed by atoms with van der Waals surface area (Å²) in [5.41, 5.74) is 1.23. The van der Waals surface area contributed by atoms with Gasteiger partial charge in [-0.1, -0.05) is 48.0 Å². The monoisotopic (exact) mass is 534 g/mol. The van der Waals surface area contributed by atoms with Crippen LogP contribution in [0.25, 0.3) is 0 Å². The van der Waals surface area contributed by atoms with E-state index >= 15 is 0 Å². The molecule has 3 rings (SSSR count). The van der Waals surface area contributed by atoms with Crippen molar-refractivity contribution in [1.29, 1.82) is 0 Å². The molecule has 186 valence electrons. The third-order valence-corrected chi connectivity index (χ3v) is 8.21. The van der Waals surface area contributed by atoms with Gasteiger partial charge in [0.05, 0.1) is 24.8 Å². The Bertz CT molecular complexity index is 1240. The molecule has 3 aromatic carbocycles. The first-order valence-electron chi connectivity index (χ1n) is 10.7. The fourth-order valence-electron chi connectivity index (χ4n) is 3.26. The summed E-state index contributed by atoms with van der Waals surface area (Å²) < 4.78 is 38.8. The summed E-state index contributed by atoms with van der Waals surface area (Å²) in [5, 5.41) is 3.51. The topological polar surface area (TPSA) is 84.9 Å². The van der Waals surface area contributed by atoms with Crippen molar-refractivity contribution in [3.8, 4) is 11.5 Å². The summed E-state index contributed by atoms with van der Waals surface area (Å²) in [6.07, 6.45) is 0. The zero-order chi connectivity index (χ0) is 25.3. The maximum absolute atomic E-state index is 13.5. The van der Waals surface area contributed by atoms with Crippen LogP contribution in [0.15, 0.2) is 77.7 Å². The summed E-state index contributed by atoms with van der Waals surface area (Å²) >= 11 is 7.80. The van der Waals surface area contributed by atoms with Gasteiger partial charge in [0.1, 0.15) is 18.0 Å². The standard InChI is InChI=1S/C25H27ClN2O5S2/c1-32-20-12-13-24(33-2)23(16-20)28(35(30,31)21-9-4-3-5-10-21)17-25(29)27-14-15-34-18-19-8-6-7-11-22(19)26/h3-13,16H,14-15,17-18H2,1-2H3,(H,27,29). The second-order valence-corrected chi connectivity index (χ2v) is 10.7. The highest BCUT2D eigenvalue weighted by Gasteiger charge is 2.29. The van der Waals surface area contributed by atoms with E-state index in [1.165, 1.54) is 32.4 Å². The van der Waals surface area contributed by atoms with E-state index in [1.807, 2.05) is 24.3 Å². The molecule has 0 radical (unpaired) electrons. The smallest absolute Gasteiger partial charge is 0.264 e. The van der Waals surface area contributed by atoms with Crippen LogP contribution < -0.4 is 19.1 Å². The number of benzene rings is 3. The maximum Gasteiger partial charge on any atom is 0.264 e. The fourth-order valence-corrected chi connectivity index (χ4v) is 5.85. The van der Waals surface area contributed by atoms with Crippen LogP contribution in [0.2, 0.25) is 5.02 Å². The first-order chi connectivity index (χ1) is 16.9. The van der Waals surface area contributed by atoms with E-state index in [0.29, 0.717) is 34.6 Å². The van der Waals surface area contributed by atoms with Crippen molar-refractivity contribution in [3.05, 3.63) is 83.4 Å². The number of thioether (sulfide) groups is 1. The number of carbonyl (C=O) groups excluding carboxylic acids is 1. The molecule has 1 amide bonds. The summed E-state index contributed by atoms with van der Waals surface area (Å²) in [6.45, 7) is -0.0433. The molecule has 0 bridgehead atoms. The van der Waals surface area contributed by atoms with Crippen molar-refractivity contribution in [2.24, 2.45) is 0 Å². The van der Waals surface area contributed by atoms with Crippen molar-refractivity contribution in [2.75, 3.05) is 37.4 Å². The van der Waals surface area contributed by atoms with Gasteiger partial charge in [-0.25, -0.2) is 8.42 Å². The number of rotatable bonds is 12. The number of nitrogens with one attached hydrogen (secondary N) is 1. The van der Waals surface area contributed by atoms with Crippen LogP contribution in [0.1, 0.15) is 5.56 Å². The summed E-state index contributed by atoms with van der Waals surface area (Å²) in [4.78, 5) is 12.9. The predicted octanol–water partition coefficient (Wildman–Crippen LogP) is 4.60. The summed E-state index contributed by atoms with van der Waals surface area (Å²) in [5.74, 6) is 1.65. The van der Waals surface area contributed by atoms with Crippen LogP contribution in [-0.4, -0.2) is 47.4 Å². The minimum atomic E-state index is -4.07. The normalized spacial score (nSPS) is 11.1. The van der Waals surface area contributed by atoms with Gasteiger partial charge < -0.3 is 14.8 Å². The lowest BCUT2D eigenvalue weighted by Crippen LogP contribution is -2.41. The Labute approximate surface area is 215 Å². The molecule has 0 unspecified atom stereocenters. The number of anilines is 1. The molecule has 3 aromatic rings. The molecule has 7 nitrogen and oxygen atoms in total. The first-order valence-corrected chi connectivity index (χ1v) is 13.7. The van der Waals surface area contributed by atoms with E-state index in [0.717, 1.165) is 9.87 Å². The average molecular weight is 535 g/mol. The Hall–Kier alpha value is -2.88. The second kappa shape index (κ2) is 12.7. The largest absolute Gasteiger partial charge is 0.497 e. The van der Waals surface area contributed by atoms with Gasteiger partial charge in [-0.2, -0.15) is 11.8 Å². The SMILES string of the molecule is COc1ccc(OC)c(N(CC(=O)NCCSCc2ccccc2Cl)S(=O)(=O)c2ccccc2)c1. The summed E-state index contributed by atoms with van der Waals surface area (Å²) in [6, 6.07) is 20.4. The molecular weight excluding hydrogens is 508 g/mol. The Kier molecular flexibility index (Phi) is 9.71. The molecule has 0 aromatic heterocycles. The predicted molar refractivity (Wildman–Crippen MR) is 141 cm³/mol.